The first kappa shape index (κ1) is 16.2. The number of nitrogens with one attached hydrogen (secondary N) is 1. The normalized spacial score (nSPS) is 22.6. The molecule has 0 aromatic heterocycles. The van der Waals surface area contributed by atoms with Crippen molar-refractivity contribution in [3.8, 4) is 0 Å². The van der Waals surface area contributed by atoms with Crippen molar-refractivity contribution < 1.29 is 9.59 Å². The second-order valence-electron chi connectivity index (χ2n) is 5.61. The highest BCUT2D eigenvalue weighted by Crippen LogP contribution is 2.22. The average molecular weight is 268 g/mol. The fraction of sp³-hybridized carbons (Fsp3) is 0.867. The summed E-state index contributed by atoms with van der Waals surface area (Å²) in [5.41, 5.74) is 0. The Morgan fingerprint density at radius 2 is 2.05 bits per heavy atom. The molecule has 4 heteroatoms. The lowest BCUT2D eigenvalue weighted by atomic mass is 10.0. The predicted molar refractivity (Wildman–Crippen MR) is 77.0 cm³/mol. The number of amides is 1. The van der Waals surface area contributed by atoms with Crippen LogP contribution >= 0.6 is 0 Å². The Hall–Kier alpha value is -0.900. The monoisotopic (exact) mass is 268 g/mol. The van der Waals surface area contributed by atoms with Gasteiger partial charge in [0.1, 0.15) is 5.78 Å². The van der Waals surface area contributed by atoms with Crippen molar-refractivity contribution in [1.29, 1.82) is 0 Å². The van der Waals surface area contributed by atoms with E-state index >= 15 is 0 Å². The Morgan fingerprint density at radius 3 is 2.68 bits per heavy atom. The standard InChI is InChI=1S/C15H28N2O2/c1-4-9-16-15(19)13(3)17-10-7-5-6-8-14(17)11-12(2)18/h13-14H,4-11H2,1-3H3,(H,16,19). The van der Waals surface area contributed by atoms with Crippen LogP contribution in [-0.4, -0.2) is 41.8 Å². The summed E-state index contributed by atoms with van der Waals surface area (Å²) in [4.78, 5) is 25.7. The number of carbonyl (C=O) groups excluding carboxylic acids is 2. The number of likely N-dealkylation sites (tertiary alicyclic amines) is 1. The summed E-state index contributed by atoms with van der Waals surface area (Å²) in [6.45, 7) is 7.32. The Morgan fingerprint density at radius 1 is 1.32 bits per heavy atom. The van der Waals surface area contributed by atoms with Crippen LogP contribution in [0.3, 0.4) is 0 Å². The first-order valence-electron chi connectivity index (χ1n) is 7.59. The van der Waals surface area contributed by atoms with E-state index < -0.39 is 0 Å². The Kier molecular flexibility index (Phi) is 7.06. The lowest BCUT2D eigenvalue weighted by Crippen LogP contribution is -2.50. The van der Waals surface area contributed by atoms with Crippen molar-refractivity contribution >= 4 is 11.7 Å². The first-order valence-corrected chi connectivity index (χ1v) is 7.59. The fourth-order valence-electron chi connectivity index (χ4n) is 2.81. The molecule has 2 atom stereocenters. The van der Waals surface area contributed by atoms with Gasteiger partial charge in [0, 0.05) is 19.0 Å². The van der Waals surface area contributed by atoms with Crippen LogP contribution in [0.1, 0.15) is 59.3 Å². The molecule has 0 aliphatic carbocycles. The quantitative estimate of drug-likeness (QED) is 0.803. The van der Waals surface area contributed by atoms with Crippen LogP contribution < -0.4 is 5.32 Å². The van der Waals surface area contributed by atoms with Crippen molar-refractivity contribution in [2.45, 2.75) is 71.4 Å². The largest absolute Gasteiger partial charge is 0.355 e. The highest BCUT2D eigenvalue weighted by atomic mass is 16.2. The van der Waals surface area contributed by atoms with Gasteiger partial charge in [0.05, 0.1) is 6.04 Å². The van der Waals surface area contributed by atoms with Crippen molar-refractivity contribution in [3.63, 3.8) is 0 Å². The third kappa shape index (κ3) is 5.31. The van der Waals surface area contributed by atoms with Gasteiger partial charge in [0.15, 0.2) is 0 Å². The smallest absolute Gasteiger partial charge is 0.237 e. The molecular formula is C15H28N2O2. The van der Waals surface area contributed by atoms with Gasteiger partial charge in [-0.25, -0.2) is 0 Å². The zero-order valence-corrected chi connectivity index (χ0v) is 12.6. The average Bonchev–Trinajstić information content (AvgIpc) is 2.59. The maximum Gasteiger partial charge on any atom is 0.237 e. The zero-order chi connectivity index (χ0) is 14.3. The van der Waals surface area contributed by atoms with Gasteiger partial charge < -0.3 is 5.32 Å². The molecular weight excluding hydrogens is 240 g/mol. The van der Waals surface area contributed by atoms with Gasteiger partial charge in [-0.2, -0.15) is 0 Å². The number of carbonyl (C=O) groups is 2. The lowest BCUT2D eigenvalue weighted by molar-refractivity contribution is -0.128. The first-order chi connectivity index (χ1) is 9.06. The molecule has 4 nitrogen and oxygen atoms in total. The molecule has 0 saturated carbocycles. The maximum atomic E-state index is 12.1. The van der Waals surface area contributed by atoms with Gasteiger partial charge in [-0.3, -0.25) is 14.5 Å². The van der Waals surface area contributed by atoms with E-state index in [1.165, 1.54) is 6.42 Å². The lowest BCUT2D eigenvalue weighted by Gasteiger charge is -2.34. The van der Waals surface area contributed by atoms with E-state index in [0.717, 1.165) is 38.8 Å². The summed E-state index contributed by atoms with van der Waals surface area (Å²) in [6, 6.07) is 0.108. The van der Waals surface area contributed by atoms with E-state index in [1.54, 1.807) is 6.92 Å². The molecule has 1 rings (SSSR count). The summed E-state index contributed by atoms with van der Waals surface area (Å²) in [7, 11) is 0. The molecule has 1 heterocycles. The number of nitrogens with zero attached hydrogens (tertiary/aromatic N) is 1. The van der Waals surface area contributed by atoms with Gasteiger partial charge in [-0.1, -0.05) is 19.8 Å². The molecule has 1 amide bonds. The Labute approximate surface area is 116 Å². The molecule has 2 unspecified atom stereocenters. The van der Waals surface area contributed by atoms with Crippen LogP contribution in [0.4, 0.5) is 0 Å². The van der Waals surface area contributed by atoms with E-state index in [1.807, 2.05) is 6.92 Å². The minimum atomic E-state index is -0.131. The second kappa shape index (κ2) is 8.31. The van der Waals surface area contributed by atoms with E-state index in [0.29, 0.717) is 6.42 Å². The number of hydrogen-bond donors (Lipinski definition) is 1. The Balaban J connectivity index is 2.66. The van der Waals surface area contributed by atoms with E-state index in [-0.39, 0.29) is 23.8 Å². The molecule has 1 aliphatic heterocycles. The van der Waals surface area contributed by atoms with Crippen LogP contribution in [0.2, 0.25) is 0 Å². The van der Waals surface area contributed by atoms with Crippen LogP contribution in [0.15, 0.2) is 0 Å². The molecule has 1 saturated heterocycles. The third-order valence-corrected chi connectivity index (χ3v) is 3.87. The van der Waals surface area contributed by atoms with Gasteiger partial charge >= 0.3 is 0 Å². The van der Waals surface area contributed by atoms with Crippen LogP contribution in [0.5, 0.6) is 0 Å². The summed E-state index contributed by atoms with van der Waals surface area (Å²) in [5.74, 6) is 0.315. The third-order valence-electron chi connectivity index (χ3n) is 3.87. The van der Waals surface area contributed by atoms with Crippen LogP contribution in [-0.2, 0) is 9.59 Å². The molecule has 0 bridgehead atoms. The highest BCUT2D eigenvalue weighted by Gasteiger charge is 2.29. The SMILES string of the molecule is CCCNC(=O)C(C)N1CCCCCC1CC(C)=O. The van der Waals surface area contributed by atoms with Crippen molar-refractivity contribution in [3.05, 3.63) is 0 Å². The molecule has 1 aliphatic rings. The number of Topliss-reactive ketones (excluding diaryl/α,β-unsaturated/α-hetero) is 1. The molecule has 0 radical (unpaired) electrons. The van der Waals surface area contributed by atoms with Gasteiger partial charge in [0.25, 0.3) is 0 Å². The zero-order valence-electron chi connectivity index (χ0n) is 12.6. The number of hydrogen-bond acceptors (Lipinski definition) is 3. The van der Waals surface area contributed by atoms with E-state index in [4.69, 9.17) is 0 Å². The molecule has 19 heavy (non-hydrogen) atoms. The minimum Gasteiger partial charge on any atom is -0.355 e. The minimum absolute atomic E-state index is 0.0947. The van der Waals surface area contributed by atoms with Crippen molar-refractivity contribution in [1.82, 2.24) is 10.2 Å². The molecule has 110 valence electrons. The molecule has 0 aromatic rings. The summed E-state index contributed by atoms with van der Waals surface area (Å²) >= 11 is 0. The number of rotatable bonds is 6. The molecule has 0 aromatic carbocycles. The van der Waals surface area contributed by atoms with Crippen LogP contribution in [0.25, 0.3) is 0 Å². The molecule has 0 spiro atoms. The van der Waals surface area contributed by atoms with E-state index in [2.05, 4.69) is 17.1 Å². The summed E-state index contributed by atoms with van der Waals surface area (Å²) < 4.78 is 0. The van der Waals surface area contributed by atoms with Gasteiger partial charge in [0.2, 0.25) is 5.91 Å². The summed E-state index contributed by atoms with van der Waals surface area (Å²) in [5, 5.41) is 2.96. The maximum absolute atomic E-state index is 12.1. The highest BCUT2D eigenvalue weighted by molar-refractivity contribution is 5.81. The number of ketones is 1. The molecule has 1 N–H and O–H groups in total. The fourth-order valence-corrected chi connectivity index (χ4v) is 2.81. The summed E-state index contributed by atoms with van der Waals surface area (Å²) in [6.07, 6.45) is 6.05. The van der Waals surface area contributed by atoms with Gasteiger partial charge in [-0.05, 0) is 39.7 Å². The van der Waals surface area contributed by atoms with Gasteiger partial charge in [-0.15, -0.1) is 0 Å². The van der Waals surface area contributed by atoms with Crippen molar-refractivity contribution in [2.75, 3.05) is 13.1 Å². The second-order valence-corrected chi connectivity index (χ2v) is 5.61. The van der Waals surface area contributed by atoms with E-state index in [9.17, 15) is 9.59 Å². The molecule has 1 fully saturated rings. The topological polar surface area (TPSA) is 49.4 Å². The van der Waals surface area contributed by atoms with Crippen molar-refractivity contribution in [2.24, 2.45) is 0 Å². The predicted octanol–water partition coefficient (Wildman–Crippen LogP) is 2.12. The van der Waals surface area contributed by atoms with Crippen LogP contribution in [0, 0.1) is 0 Å². The Bertz CT molecular complexity index is 305.